The Hall–Kier alpha value is -0.610. The van der Waals surface area contributed by atoms with Crippen molar-refractivity contribution in [3.8, 4) is 0 Å². The van der Waals surface area contributed by atoms with Crippen molar-refractivity contribution in [3.63, 3.8) is 0 Å². The van der Waals surface area contributed by atoms with Crippen LogP contribution in [-0.4, -0.2) is 32.3 Å². The summed E-state index contributed by atoms with van der Waals surface area (Å²) in [5.74, 6) is 0.291. The van der Waals surface area contributed by atoms with E-state index in [2.05, 4.69) is 0 Å². The average molecular weight is 199 g/mol. The largest absolute Gasteiger partial charge is 0.465 e. The fraction of sp³-hybridized carbons (Fsp3) is 0.900. The van der Waals surface area contributed by atoms with Crippen molar-refractivity contribution in [1.29, 1.82) is 0 Å². The number of hydrogen-bond donors (Lipinski definition) is 1. The highest BCUT2D eigenvalue weighted by Gasteiger charge is 2.50. The fourth-order valence-electron chi connectivity index (χ4n) is 1.70. The topological polar surface area (TPSA) is 61.6 Å². The molecular weight excluding hydrogens is 182 g/mol. The number of nitrogens with two attached hydrogens (primary N) is 1. The van der Waals surface area contributed by atoms with Gasteiger partial charge in [0.05, 0.1) is 18.6 Å². The second kappa shape index (κ2) is 3.87. The lowest BCUT2D eigenvalue weighted by molar-refractivity contribution is -0.151. The maximum absolute atomic E-state index is 11.6. The minimum absolute atomic E-state index is 0.105. The first kappa shape index (κ1) is 9.93. The van der Waals surface area contributed by atoms with E-state index in [9.17, 15) is 4.79 Å². The standard InChI is InChI=1S/C10H17NO3/c11-7-10(2-3-10)9(12)14-6-8-1-4-13-5-8/h8H,1-7,11H2. The zero-order chi connectivity index (χ0) is 10.0. The third-order valence-corrected chi connectivity index (χ3v) is 3.15. The zero-order valence-corrected chi connectivity index (χ0v) is 8.33. The summed E-state index contributed by atoms with van der Waals surface area (Å²) in [6, 6.07) is 0. The predicted molar refractivity (Wildman–Crippen MR) is 50.6 cm³/mol. The number of ether oxygens (including phenoxy) is 2. The zero-order valence-electron chi connectivity index (χ0n) is 8.33. The molecule has 4 nitrogen and oxygen atoms in total. The quantitative estimate of drug-likeness (QED) is 0.662. The first-order valence-electron chi connectivity index (χ1n) is 5.22. The van der Waals surface area contributed by atoms with Gasteiger partial charge in [-0.05, 0) is 19.3 Å². The molecule has 1 saturated carbocycles. The Bertz CT molecular complexity index is 219. The van der Waals surface area contributed by atoms with Crippen molar-refractivity contribution in [2.45, 2.75) is 19.3 Å². The smallest absolute Gasteiger partial charge is 0.313 e. The maximum atomic E-state index is 11.6. The molecule has 1 aliphatic heterocycles. The summed E-state index contributed by atoms with van der Waals surface area (Å²) in [5.41, 5.74) is 5.21. The molecule has 2 aliphatic rings. The lowest BCUT2D eigenvalue weighted by Gasteiger charge is -2.14. The van der Waals surface area contributed by atoms with Gasteiger partial charge in [-0.3, -0.25) is 4.79 Å². The van der Waals surface area contributed by atoms with E-state index in [1.807, 2.05) is 0 Å². The SMILES string of the molecule is NCC1(C(=O)OCC2CCOC2)CC1. The van der Waals surface area contributed by atoms with E-state index < -0.39 is 0 Å². The Labute approximate surface area is 83.7 Å². The van der Waals surface area contributed by atoms with Crippen LogP contribution in [0.15, 0.2) is 0 Å². The van der Waals surface area contributed by atoms with Crippen LogP contribution in [0.2, 0.25) is 0 Å². The molecule has 0 bridgehead atoms. The van der Waals surface area contributed by atoms with Crippen molar-refractivity contribution in [2.75, 3.05) is 26.4 Å². The van der Waals surface area contributed by atoms with Crippen LogP contribution in [0.25, 0.3) is 0 Å². The average Bonchev–Trinajstić information content (AvgIpc) is 2.84. The molecular formula is C10H17NO3. The molecule has 1 heterocycles. The molecule has 0 aromatic carbocycles. The van der Waals surface area contributed by atoms with Crippen molar-refractivity contribution < 1.29 is 14.3 Å². The second-order valence-corrected chi connectivity index (χ2v) is 4.31. The lowest BCUT2D eigenvalue weighted by atomic mass is 10.1. The van der Waals surface area contributed by atoms with Crippen molar-refractivity contribution in [3.05, 3.63) is 0 Å². The summed E-state index contributed by atoms with van der Waals surface area (Å²) < 4.78 is 10.4. The Balaban J connectivity index is 1.72. The van der Waals surface area contributed by atoms with Crippen LogP contribution in [0.3, 0.4) is 0 Å². The first-order chi connectivity index (χ1) is 6.77. The van der Waals surface area contributed by atoms with Crippen LogP contribution in [0.5, 0.6) is 0 Å². The first-order valence-corrected chi connectivity index (χ1v) is 5.22. The summed E-state index contributed by atoms with van der Waals surface area (Å²) in [6.45, 7) is 2.45. The van der Waals surface area contributed by atoms with Crippen LogP contribution >= 0.6 is 0 Å². The summed E-state index contributed by atoms with van der Waals surface area (Å²) in [6.07, 6.45) is 2.79. The van der Waals surface area contributed by atoms with Gasteiger partial charge in [0.25, 0.3) is 0 Å². The molecule has 2 N–H and O–H groups in total. The van der Waals surface area contributed by atoms with Gasteiger partial charge in [0.15, 0.2) is 0 Å². The van der Waals surface area contributed by atoms with Crippen LogP contribution in [0.4, 0.5) is 0 Å². The van der Waals surface area contributed by atoms with E-state index in [4.69, 9.17) is 15.2 Å². The number of carbonyl (C=O) groups is 1. The van der Waals surface area contributed by atoms with Crippen molar-refractivity contribution in [2.24, 2.45) is 17.1 Å². The van der Waals surface area contributed by atoms with Crippen molar-refractivity contribution in [1.82, 2.24) is 0 Å². The minimum atomic E-state index is -0.320. The van der Waals surface area contributed by atoms with E-state index in [1.54, 1.807) is 0 Å². The molecule has 0 aromatic heterocycles. The van der Waals surface area contributed by atoms with E-state index in [1.165, 1.54) is 0 Å². The molecule has 0 aromatic rings. The molecule has 0 radical (unpaired) electrons. The van der Waals surface area contributed by atoms with Gasteiger partial charge in [-0.15, -0.1) is 0 Å². The Morgan fingerprint density at radius 2 is 2.36 bits per heavy atom. The molecule has 1 unspecified atom stereocenters. The van der Waals surface area contributed by atoms with Gasteiger partial charge in [0.2, 0.25) is 0 Å². The summed E-state index contributed by atoms with van der Waals surface area (Å²) in [4.78, 5) is 11.6. The van der Waals surface area contributed by atoms with E-state index in [0.29, 0.717) is 19.1 Å². The third kappa shape index (κ3) is 1.91. The van der Waals surface area contributed by atoms with Crippen LogP contribution < -0.4 is 5.73 Å². The second-order valence-electron chi connectivity index (χ2n) is 4.31. The Morgan fingerprint density at radius 3 is 2.86 bits per heavy atom. The normalized spacial score (nSPS) is 28.8. The van der Waals surface area contributed by atoms with E-state index in [0.717, 1.165) is 32.5 Å². The highest BCUT2D eigenvalue weighted by Crippen LogP contribution is 2.45. The number of carbonyl (C=O) groups excluding carboxylic acids is 1. The van der Waals surface area contributed by atoms with Crippen LogP contribution in [0.1, 0.15) is 19.3 Å². The van der Waals surface area contributed by atoms with Crippen LogP contribution in [0, 0.1) is 11.3 Å². The number of hydrogen-bond acceptors (Lipinski definition) is 4. The molecule has 2 fully saturated rings. The molecule has 80 valence electrons. The van der Waals surface area contributed by atoms with Gasteiger partial charge in [-0.25, -0.2) is 0 Å². The Kier molecular flexibility index (Phi) is 2.74. The van der Waals surface area contributed by atoms with E-state index in [-0.39, 0.29) is 11.4 Å². The fourth-order valence-corrected chi connectivity index (χ4v) is 1.70. The number of esters is 1. The van der Waals surface area contributed by atoms with Gasteiger partial charge < -0.3 is 15.2 Å². The molecule has 1 aliphatic carbocycles. The van der Waals surface area contributed by atoms with Gasteiger partial charge in [0, 0.05) is 19.1 Å². The lowest BCUT2D eigenvalue weighted by Crippen LogP contribution is -2.28. The van der Waals surface area contributed by atoms with E-state index >= 15 is 0 Å². The summed E-state index contributed by atoms with van der Waals surface area (Å²) >= 11 is 0. The molecule has 0 spiro atoms. The monoisotopic (exact) mass is 199 g/mol. The highest BCUT2D eigenvalue weighted by atomic mass is 16.5. The molecule has 1 atom stereocenters. The van der Waals surface area contributed by atoms with Gasteiger partial charge in [-0.1, -0.05) is 0 Å². The minimum Gasteiger partial charge on any atom is -0.465 e. The molecule has 1 saturated heterocycles. The van der Waals surface area contributed by atoms with Crippen molar-refractivity contribution >= 4 is 5.97 Å². The summed E-state index contributed by atoms with van der Waals surface area (Å²) in [7, 11) is 0. The van der Waals surface area contributed by atoms with Gasteiger partial charge in [-0.2, -0.15) is 0 Å². The predicted octanol–water partition coefficient (Wildman–Crippen LogP) is 0.305. The van der Waals surface area contributed by atoms with Crippen LogP contribution in [-0.2, 0) is 14.3 Å². The number of rotatable bonds is 4. The highest BCUT2D eigenvalue weighted by molar-refractivity contribution is 5.80. The maximum Gasteiger partial charge on any atom is 0.313 e. The summed E-state index contributed by atoms with van der Waals surface area (Å²) in [5, 5.41) is 0. The molecule has 2 rings (SSSR count). The van der Waals surface area contributed by atoms with Gasteiger partial charge in [0.1, 0.15) is 0 Å². The third-order valence-electron chi connectivity index (χ3n) is 3.15. The molecule has 4 heteroatoms. The Morgan fingerprint density at radius 1 is 1.57 bits per heavy atom. The molecule has 0 amide bonds. The van der Waals surface area contributed by atoms with Gasteiger partial charge >= 0.3 is 5.97 Å². The molecule has 14 heavy (non-hydrogen) atoms.